The molecule has 1 aromatic rings. The molecule has 3 heteroatoms. The van der Waals surface area contributed by atoms with Crippen molar-refractivity contribution in [3.63, 3.8) is 0 Å². The Labute approximate surface area is 111 Å². The Kier molecular flexibility index (Phi) is 5.41. The number of benzene rings is 1. The number of hydrogen-bond donors (Lipinski definition) is 1. The van der Waals surface area contributed by atoms with E-state index in [1.54, 1.807) is 0 Å². The number of ketones is 1. The fourth-order valence-corrected chi connectivity index (χ4v) is 2.07. The Hall–Kier alpha value is -0.420. The van der Waals surface area contributed by atoms with Gasteiger partial charge in [-0.3, -0.25) is 4.79 Å². The van der Waals surface area contributed by atoms with Crippen LogP contribution in [-0.2, 0) is 11.2 Å². The number of nitrogens with two attached hydrogens (primary N) is 1. The van der Waals surface area contributed by atoms with E-state index in [1.165, 1.54) is 3.57 Å². The summed E-state index contributed by atoms with van der Waals surface area (Å²) in [5, 5.41) is 0. The minimum absolute atomic E-state index is 0.0146. The number of rotatable bonds is 5. The van der Waals surface area contributed by atoms with E-state index in [0.29, 0.717) is 18.9 Å². The highest BCUT2D eigenvalue weighted by molar-refractivity contribution is 14.1. The molecule has 0 aliphatic carbocycles. The lowest BCUT2D eigenvalue weighted by Crippen LogP contribution is -2.29. The molecule has 0 heterocycles. The SMILES string of the molecule is CC(C)C(CN)C(=O)Cc1ccc(I)cc1. The molecule has 0 bridgehead atoms. The summed E-state index contributed by atoms with van der Waals surface area (Å²) in [5.41, 5.74) is 6.70. The van der Waals surface area contributed by atoms with Crippen LogP contribution in [0.4, 0.5) is 0 Å². The highest BCUT2D eigenvalue weighted by Gasteiger charge is 2.20. The van der Waals surface area contributed by atoms with Crippen molar-refractivity contribution in [1.29, 1.82) is 0 Å². The van der Waals surface area contributed by atoms with Crippen LogP contribution in [0.25, 0.3) is 0 Å². The van der Waals surface area contributed by atoms with Gasteiger partial charge in [-0.2, -0.15) is 0 Å². The third-order valence-corrected chi connectivity index (χ3v) is 3.48. The Balaban J connectivity index is 2.66. The molecule has 16 heavy (non-hydrogen) atoms. The summed E-state index contributed by atoms with van der Waals surface area (Å²) in [6.07, 6.45) is 0.497. The largest absolute Gasteiger partial charge is 0.330 e. The molecule has 1 atom stereocenters. The maximum absolute atomic E-state index is 12.0. The minimum atomic E-state index is -0.0146. The summed E-state index contributed by atoms with van der Waals surface area (Å²) in [6.45, 7) is 4.54. The van der Waals surface area contributed by atoms with Crippen LogP contribution in [0.3, 0.4) is 0 Å². The fourth-order valence-electron chi connectivity index (χ4n) is 1.71. The first-order valence-electron chi connectivity index (χ1n) is 5.51. The molecule has 0 saturated carbocycles. The van der Waals surface area contributed by atoms with Crippen LogP contribution in [-0.4, -0.2) is 12.3 Å². The van der Waals surface area contributed by atoms with Crippen molar-refractivity contribution in [3.8, 4) is 0 Å². The van der Waals surface area contributed by atoms with Crippen LogP contribution in [0, 0.1) is 15.4 Å². The zero-order chi connectivity index (χ0) is 12.1. The Morgan fingerprint density at radius 2 is 1.88 bits per heavy atom. The van der Waals surface area contributed by atoms with Gasteiger partial charge in [-0.15, -0.1) is 0 Å². The van der Waals surface area contributed by atoms with E-state index < -0.39 is 0 Å². The molecule has 1 rings (SSSR count). The van der Waals surface area contributed by atoms with E-state index in [9.17, 15) is 4.79 Å². The summed E-state index contributed by atoms with van der Waals surface area (Å²) >= 11 is 2.26. The molecule has 0 amide bonds. The van der Waals surface area contributed by atoms with Crippen molar-refractivity contribution in [2.75, 3.05) is 6.54 Å². The van der Waals surface area contributed by atoms with Crippen molar-refractivity contribution in [1.82, 2.24) is 0 Å². The van der Waals surface area contributed by atoms with Crippen LogP contribution in [0.1, 0.15) is 19.4 Å². The molecule has 0 aliphatic heterocycles. The topological polar surface area (TPSA) is 43.1 Å². The van der Waals surface area contributed by atoms with Gasteiger partial charge >= 0.3 is 0 Å². The van der Waals surface area contributed by atoms with Crippen molar-refractivity contribution >= 4 is 28.4 Å². The molecular formula is C13H18INO. The Morgan fingerprint density at radius 1 is 1.31 bits per heavy atom. The van der Waals surface area contributed by atoms with E-state index in [-0.39, 0.29) is 11.7 Å². The van der Waals surface area contributed by atoms with E-state index in [1.807, 2.05) is 38.1 Å². The quantitative estimate of drug-likeness (QED) is 0.843. The Morgan fingerprint density at radius 3 is 2.31 bits per heavy atom. The van der Waals surface area contributed by atoms with Gasteiger partial charge < -0.3 is 5.73 Å². The number of hydrogen-bond acceptors (Lipinski definition) is 2. The molecule has 1 aromatic carbocycles. The van der Waals surface area contributed by atoms with Crippen molar-refractivity contribution < 1.29 is 4.79 Å². The molecule has 0 fully saturated rings. The standard InChI is InChI=1S/C13H18INO/c1-9(2)12(8-15)13(16)7-10-3-5-11(14)6-4-10/h3-6,9,12H,7-8,15H2,1-2H3. The summed E-state index contributed by atoms with van der Waals surface area (Å²) in [5.74, 6) is 0.555. The van der Waals surface area contributed by atoms with E-state index in [4.69, 9.17) is 5.73 Å². The predicted molar refractivity (Wildman–Crippen MR) is 75.3 cm³/mol. The lowest BCUT2D eigenvalue weighted by atomic mass is 9.88. The van der Waals surface area contributed by atoms with Gasteiger partial charge in [0, 0.05) is 22.5 Å². The normalized spacial score (nSPS) is 12.8. The zero-order valence-electron chi connectivity index (χ0n) is 9.74. The molecule has 2 nitrogen and oxygen atoms in total. The average molecular weight is 331 g/mol. The van der Waals surface area contributed by atoms with Gasteiger partial charge in [0.25, 0.3) is 0 Å². The zero-order valence-corrected chi connectivity index (χ0v) is 11.9. The highest BCUT2D eigenvalue weighted by Crippen LogP contribution is 2.14. The maximum atomic E-state index is 12.0. The van der Waals surface area contributed by atoms with Gasteiger partial charge in [0.1, 0.15) is 5.78 Å². The number of halogens is 1. The molecule has 0 saturated heterocycles. The minimum Gasteiger partial charge on any atom is -0.330 e. The van der Waals surface area contributed by atoms with Gasteiger partial charge in [-0.1, -0.05) is 26.0 Å². The number of Topliss-reactive ketones (excluding diaryl/α,β-unsaturated/α-hetero) is 1. The monoisotopic (exact) mass is 331 g/mol. The Bertz CT molecular complexity index is 345. The lowest BCUT2D eigenvalue weighted by molar-refractivity contribution is -0.123. The second-order valence-corrected chi connectivity index (χ2v) is 5.60. The first kappa shape index (κ1) is 13.6. The second-order valence-electron chi connectivity index (χ2n) is 4.36. The fraction of sp³-hybridized carbons (Fsp3) is 0.462. The van der Waals surface area contributed by atoms with Crippen molar-refractivity contribution in [3.05, 3.63) is 33.4 Å². The summed E-state index contributed by atoms with van der Waals surface area (Å²) in [6, 6.07) is 8.06. The molecular weight excluding hydrogens is 313 g/mol. The lowest BCUT2D eigenvalue weighted by Gasteiger charge is -2.17. The first-order chi connectivity index (χ1) is 7.54. The third-order valence-electron chi connectivity index (χ3n) is 2.76. The number of carbonyl (C=O) groups excluding carboxylic acids is 1. The molecule has 1 unspecified atom stereocenters. The molecule has 88 valence electrons. The smallest absolute Gasteiger partial charge is 0.141 e. The van der Waals surface area contributed by atoms with E-state index in [0.717, 1.165) is 5.56 Å². The highest BCUT2D eigenvalue weighted by atomic mass is 127. The van der Waals surface area contributed by atoms with E-state index >= 15 is 0 Å². The molecule has 2 N–H and O–H groups in total. The van der Waals surface area contributed by atoms with Gasteiger partial charge in [-0.05, 0) is 46.2 Å². The summed E-state index contributed by atoms with van der Waals surface area (Å²) in [4.78, 5) is 12.0. The predicted octanol–water partition coefficient (Wildman–Crippen LogP) is 2.63. The molecule has 0 radical (unpaired) electrons. The van der Waals surface area contributed by atoms with Crippen LogP contribution in [0.2, 0.25) is 0 Å². The summed E-state index contributed by atoms with van der Waals surface area (Å²) < 4.78 is 1.19. The van der Waals surface area contributed by atoms with Crippen LogP contribution in [0.5, 0.6) is 0 Å². The molecule has 0 aliphatic rings. The summed E-state index contributed by atoms with van der Waals surface area (Å²) in [7, 11) is 0. The van der Waals surface area contributed by atoms with Gasteiger partial charge in [0.2, 0.25) is 0 Å². The van der Waals surface area contributed by atoms with Crippen LogP contribution < -0.4 is 5.73 Å². The van der Waals surface area contributed by atoms with Gasteiger partial charge in [-0.25, -0.2) is 0 Å². The van der Waals surface area contributed by atoms with Gasteiger partial charge in [0.15, 0.2) is 0 Å². The average Bonchev–Trinajstić information content (AvgIpc) is 2.22. The van der Waals surface area contributed by atoms with E-state index in [2.05, 4.69) is 22.6 Å². The first-order valence-corrected chi connectivity index (χ1v) is 6.59. The second kappa shape index (κ2) is 6.35. The van der Waals surface area contributed by atoms with Crippen LogP contribution >= 0.6 is 22.6 Å². The number of carbonyl (C=O) groups is 1. The maximum Gasteiger partial charge on any atom is 0.141 e. The van der Waals surface area contributed by atoms with Gasteiger partial charge in [0.05, 0.1) is 0 Å². The van der Waals surface area contributed by atoms with Crippen molar-refractivity contribution in [2.24, 2.45) is 17.6 Å². The van der Waals surface area contributed by atoms with Crippen molar-refractivity contribution in [2.45, 2.75) is 20.3 Å². The third kappa shape index (κ3) is 3.87. The molecule has 0 aromatic heterocycles. The molecule has 0 spiro atoms. The van der Waals surface area contributed by atoms with Crippen LogP contribution in [0.15, 0.2) is 24.3 Å².